The third kappa shape index (κ3) is 3.81. The molecule has 0 aromatic carbocycles. The van der Waals surface area contributed by atoms with Crippen LogP contribution in [0.15, 0.2) is 21.9 Å². The molecule has 1 fully saturated rings. The van der Waals surface area contributed by atoms with E-state index in [-0.39, 0.29) is 6.16 Å². The lowest BCUT2D eigenvalue weighted by atomic mass is 10.1. The molecule has 2 heterocycles. The van der Waals surface area contributed by atoms with E-state index in [2.05, 4.69) is 4.98 Å². The second-order valence-electron chi connectivity index (χ2n) is 5.01. The van der Waals surface area contributed by atoms with Gasteiger partial charge in [0.1, 0.15) is 12.2 Å². The minimum Gasteiger partial charge on any atom is -0.388 e. The molecule has 1 aromatic heterocycles. The number of nitrogens with one attached hydrogen (secondary N) is 1. The van der Waals surface area contributed by atoms with Crippen LogP contribution in [0.4, 0.5) is 0 Å². The van der Waals surface area contributed by atoms with E-state index in [1.165, 1.54) is 19.4 Å². The zero-order chi connectivity index (χ0) is 16.3. The first-order valence-corrected chi connectivity index (χ1v) is 8.20. The predicted molar refractivity (Wildman–Crippen MR) is 77.5 cm³/mol. The smallest absolute Gasteiger partial charge is 0.330 e. The van der Waals surface area contributed by atoms with Crippen molar-refractivity contribution < 1.29 is 24.4 Å². The number of aliphatic hydroxyl groups is 1. The van der Waals surface area contributed by atoms with E-state index < -0.39 is 44.2 Å². The maximum Gasteiger partial charge on any atom is 0.330 e. The highest BCUT2D eigenvalue weighted by Gasteiger charge is 2.44. The van der Waals surface area contributed by atoms with Crippen LogP contribution in [0, 0.1) is 0 Å². The number of ether oxygens (including phenoxy) is 2. The summed E-state index contributed by atoms with van der Waals surface area (Å²) in [6.07, 6.45) is -0.811. The summed E-state index contributed by atoms with van der Waals surface area (Å²) in [5.74, 6) is 0. The highest BCUT2D eigenvalue weighted by atomic mass is 31.2. The maximum absolute atomic E-state index is 11.8. The van der Waals surface area contributed by atoms with Gasteiger partial charge in [0.25, 0.3) is 5.56 Å². The zero-order valence-corrected chi connectivity index (χ0v) is 12.8. The summed E-state index contributed by atoms with van der Waals surface area (Å²) in [5, 5.41) is 10.2. The summed E-state index contributed by atoms with van der Waals surface area (Å²) in [6.45, 7) is 0. The zero-order valence-electron chi connectivity index (χ0n) is 12.0. The molecule has 0 bridgehead atoms. The highest BCUT2D eigenvalue weighted by Crippen LogP contribution is 2.34. The molecule has 1 aliphatic heterocycles. The van der Waals surface area contributed by atoms with Crippen molar-refractivity contribution in [3.8, 4) is 0 Å². The molecule has 9 nitrogen and oxygen atoms in total. The first-order chi connectivity index (χ1) is 10.4. The minimum absolute atomic E-state index is 0.225. The van der Waals surface area contributed by atoms with Crippen molar-refractivity contribution in [2.24, 2.45) is 0 Å². The first kappa shape index (κ1) is 17.3. The Labute approximate surface area is 127 Å². The van der Waals surface area contributed by atoms with Crippen LogP contribution in [-0.4, -0.2) is 56.0 Å². The Bertz CT molecular complexity index is 602. The number of methoxy groups -OCH3 is 1. The van der Waals surface area contributed by atoms with Crippen molar-refractivity contribution in [2.75, 3.05) is 13.3 Å². The quantitative estimate of drug-likeness (QED) is 0.484. The normalized spacial score (nSPS) is 28.4. The second kappa shape index (κ2) is 7.45. The fourth-order valence-corrected chi connectivity index (χ4v) is 2.96. The Morgan fingerprint density at radius 3 is 2.77 bits per heavy atom. The second-order valence-corrected chi connectivity index (χ2v) is 6.20. The summed E-state index contributed by atoms with van der Waals surface area (Å²) in [5.41, 5.74) is -1.17. The van der Waals surface area contributed by atoms with Gasteiger partial charge >= 0.3 is 5.69 Å². The molecule has 0 spiro atoms. The van der Waals surface area contributed by atoms with Crippen molar-refractivity contribution in [1.82, 2.24) is 9.55 Å². The van der Waals surface area contributed by atoms with Crippen LogP contribution in [0.5, 0.6) is 0 Å². The maximum atomic E-state index is 11.8. The van der Waals surface area contributed by atoms with Gasteiger partial charge in [0.15, 0.2) is 14.6 Å². The first-order valence-electron chi connectivity index (χ1n) is 6.77. The molecule has 1 aromatic rings. The molecular weight excluding hydrogens is 315 g/mol. The van der Waals surface area contributed by atoms with E-state index in [9.17, 15) is 14.7 Å². The Hall–Kier alpha value is -1.09. The Morgan fingerprint density at radius 1 is 1.45 bits per heavy atom. The largest absolute Gasteiger partial charge is 0.388 e. The molecule has 124 valence electrons. The molecule has 10 heteroatoms. The van der Waals surface area contributed by atoms with Gasteiger partial charge in [-0.05, 0) is 12.8 Å². The third-order valence-corrected chi connectivity index (χ3v) is 4.27. The van der Waals surface area contributed by atoms with Gasteiger partial charge in [0.05, 0.1) is 6.10 Å². The number of aromatic amines is 1. The van der Waals surface area contributed by atoms with Crippen molar-refractivity contribution in [1.29, 1.82) is 0 Å². The number of aromatic nitrogens is 2. The summed E-state index contributed by atoms with van der Waals surface area (Å²) >= 11 is 0. The van der Waals surface area contributed by atoms with E-state index >= 15 is 0 Å². The number of rotatable bonds is 6. The molecule has 2 rings (SSSR count). The van der Waals surface area contributed by atoms with Crippen LogP contribution in [0.25, 0.3) is 0 Å². The summed E-state index contributed by atoms with van der Waals surface area (Å²) in [6, 6.07) is 1.18. The Kier molecular flexibility index (Phi) is 5.85. The lowest BCUT2D eigenvalue weighted by Gasteiger charge is -2.20. The molecule has 1 saturated heterocycles. The van der Waals surface area contributed by atoms with Crippen molar-refractivity contribution >= 4 is 8.38 Å². The molecule has 0 aliphatic carbocycles. The Balaban J connectivity index is 2.14. The minimum atomic E-state index is -1.98. The van der Waals surface area contributed by atoms with Crippen LogP contribution in [-0.2, 0) is 9.47 Å². The van der Waals surface area contributed by atoms with Gasteiger partial charge in [-0.2, -0.15) is 0 Å². The topological polar surface area (TPSA) is 134 Å². The van der Waals surface area contributed by atoms with E-state index in [4.69, 9.17) is 19.3 Å². The molecule has 4 atom stereocenters. The lowest BCUT2D eigenvalue weighted by molar-refractivity contribution is -0.0549. The fraction of sp³-hybridized carbons (Fsp3) is 0.667. The molecule has 4 N–H and O–H groups in total. The monoisotopic (exact) mass is 334 g/mol. The van der Waals surface area contributed by atoms with Crippen LogP contribution in [0.3, 0.4) is 0 Å². The number of H-pyrrole nitrogens is 1. The molecule has 1 aliphatic rings. The lowest BCUT2D eigenvalue weighted by Crippen LogP contribution is -2.38. The van der Waals surface area contributed by atoms with Crippen LogP contribution in [0.1, 0.15) is 19.1 Å². The van der Waals surface area contributed by atoms with Gasteiger partial charge in [-0.1, -0.05) is 0 Å². The summed E-state index contributed by atoms with van der Waals surface area (Å²) in [4.78, 5) is 42.8. The van der Waals surface area contributed by atoms with Gasteiger partial charge in [0.2, 0.25) is 0 Å². The predicted octanol–water partition coefficient (Wildman–Crippen LogP) is -1.11. The molecule has 4 unspecified atom stereocenters. The fourth-order valence-electron chi connectivity index (χ4n) is 2.50. The SMILES string of the molecule is COC1C(O)C(CCCP(O)O)OC1n1ccc(=O)[nH]c1=O. The molecule has 0 radical (unpaired) electrons. The third-order valence-electron chi connectivity index (χ3n) is 3.56. The van der Waals surface area contributed by atoms with Crippen LogP contribution >= 0.6 is 8.38 Å². The molecule has 0 amide bonds. The summed E-state index contributed by atoms with van der Waals surface area (Å²) in [7, 11) is -0.584. The van der Waals surface area contributed by atoms with Gasteiger partial charge < -0.3 is 24.4 Å². The molecule has 22 heavy (non-hydrogen) atoms. The average molecular weight is 334 g/mol. The summed E-state index contributed by atoms with van der Waals surface area (Å²) < 4.78 is 12.0. The molecular formula is C12H19N2O7P. The number of aliphatic hydroxyl groups excluding tert-OH is 1. The van der Waals surface area contributed by atoms with E-state index in [1.807, 2.05) is 0 Å². The van der Waals surface area contributed by atoms with Gasteiger partial charge in [-0.25, -0.2) is 4.79 Å². The standard InChI is InChI=1S/C12H19N2O7P/c1-20-10-9(16)7(3-2-6-22(18)19)21-11(10)14-5-4-8(15)13-12(14)17/h4-5,7,9-11,16,18-19H,2-3,6H2,1H3,(H,13,15,17). The highest BCUT2D eigenvalue weighted by molar-refractivity contribution is 7.45. The van der Waals surface area contributed by atoms with E-state index in [0.29, 0.717) is 12.8 Å². The number of hydrogen-bond acceptors (Lipinski definition) is 7. The van der Waals surface area contributed by atoms with Crippen LogP contribution in [0.2, 0.25) is 0 Å². The number of nitrogens with zero attached hydrogens (tertiary/aromatic N) is 1. The van der Waals surface area contributed by atoms with E-state index in [1.54, 1.807) is 0 Å². The average Bonchev–Trinajstić information content (AvgIpc) is 2.75. The Morgan fingerprint density at radius 2 is 2.18 bits per heavy atom. The van der Waals surface area contributed by atoms with Gasteiger partial charge in [-0.15, -0.1) is 0 Å². The van der Waals surface area contributed by atoms with Gasteiger partial charge in [0, 0.05) is 25.5 Å². The van der Waals surface area contributed by atoms with Crippen molar-refractivity contribution in [2.45, 2.75) is 37.4 Å². The molecule has 0 saturated carbocycles. The van der Waals surface area contributed by atoms with Crippen molar-refractivity contribution in [3.63, 3.8) is 0 Å². The van der Waals surface area contributed by atoms with E-state index in [0.717, 1.165) is 4.57 Å². The van der Waals surface area contributed by atoms with Gasteiger partial charge in [-0.3, -0.25) is 14.3 Å². The van der Waals surface area contributed by atoms with Crippen molar-refractivity contribution in [3.05, 3.63) is 33.1 Å². The number of hydrogen-bond donors (Lipinski definition) is 4. The van der Waals surface area contributed by atoms with Crippen LogP contribution < -0.4 is 11.2 Å².